The lowest BCUT2D eigenvalue weighted by atomic mass is 9.83. The van der Waals surface area contributed by atoms with E-state index in [0.29, 0.717) is 34.5 Å². The summed E-state index contributed by atoms with van der Waals surface area (Å²) < 4.78 is 15.6. The van der Waals surface area contributed by atoms with Crippen molar-refractivity contribution in [1.82, 2.24) is 14.5 Å². The van der Waals surface area contributed by atoms with Crippen LogP contribution in [0.25, 0.3) is 11.1 Å². The molecule has 1 aromatic carbocycles. The van der Waals surface area contributed by atoms with Gasteiger partial charge in [-0.25, -0.2) is 14.4 Å². The number of aromatic nitrogens is 2. The lowest BCUT2D eigenvalue weighted by Crippen LogP contribution is -2.41. The number of guanidine groups is 1. The Morgan fingerprint density at radius 3 is 2.72 bits per heavy atom. The number of carbonyl (C=O) groups is 1. The van der Waals surface area contributed by atoms with Crippen LogP contribution in [-0.2, 0) is 16.9 Å². The zero-order valence-electron chi connectivity index (χ0n) is 17.5. The van der Waals surface area contributed by atoms with Gasteiger partial charge < -0.3 is 10.3 Å². The SMILES string of the molecule is CCCn1cc(C2(c3cccc(-c4cc(F)cnc4Cl)c3)N=C(N)N(C)C2=O)cc1C#N. The fourth-order valence-electron chi connectivity index (χ4n) is 3.95. The summed E-state index contributed by atoms with van der Waals surface area (Å²) in [6, 6.07) is 12.1. The molecule has 1 unspecified atom stereocenters. The number of rotatable bonds is 5. The number of pyridine rings is 1. The van der Waals surface area contributed by atoms with Gasteiger partial charge in [-0.15, -0.1) is 0 Å². The van der Waals surface area contributed by atoms with Crippen LogP contribution in [-0.4, -0.2) is 33.4 Å². The topological polar surface area (TPSA) is 100 Å². The normalized spacial score (nSPS) is 18.0. The van der Waals surface area contributed by atoms with Gasteiger partial charge in [-0.05, 0) is 35.7 Å². The van der Waals surface area contributed by atoms with Crippen LogP contribution in [0.15, 0.2) is 53.8 Å². The molecule has 0 aliphatic carbocycles. The second kappa shape index (κ2) is 8.09. The molecule has 0 spiro atoms. The van der Waals surface area contributed by atoms with E-state index in [9.17, 15) is 14.4 Å². The lowest BCUT2D eigenvalue weighted by Gasteiger charge is -2.25. The van der Waals surface area contributed by atoms with Crippen molar-refractivity contribution in [1.29, 1.82) is 5.26 Å². The van der Waals surface area contributed by atoms with Crippen LogP contribution < -0.4 is 5.73 Å². The number of halogens is 2. The minimum atomic E-state index is -1.48. The van der Waals surface area contributed by atoms with Gasteiger partial charge in [-0.3, -0.25) is 9.69 Å². The Kier molecular flexibility index (Phi) is 5.45. The number of aliphatic imine (C=N–C) groups is 1. The van der Waals surface area contributed by atoms with E-state index < -0.39 is 11.4 Å². The first-order valence-corrected chi connectivity index (χ1v) is 10.4. The second-order valence-electron chi connectivity index (χ2n) is 7.54. The minimum absolute atomic E-state index is 0.0626. The molecule has 3 aromatic rings. The first kappa shape index (κ1) is 21.5. The maximum absolute atomic E-state index is 13.8. The van der Waals surface area contributed by atoms with Crippen LogP contribution >= 0.6 is 11.6 Å². The number of hydrogen-bond acceptors (Lipinski definition) is 5. The first-order chi connectivity index (χ1) is 15.3. The Morgan fingerprint density at radius 2 is 2.06 bits per heavy atom. The summed E-state index contributed by atoms with van der Waals surface area (Å²) in [5.74, 6) is -0.819. The van der Waals surface area contributed by atoms with Crippen LogP contribution in [0.3, 0.4) is 0 Å². The summed E-state index contributed by atoms with van der Waals surface area (Å²) in [7, 11) is 1.55. The van der Waals surface area contributed by atoms with E-state index in [0.717, 1.165) is 12.6 Å². The standard InChI is InChI=1S/C23H20ClFN6O/c1-3-7-31-13-16(9-18(31)11-26)23(21(32)30(2)22(27)29-23)15-6-4-5-14(8-15)19-10-17(25)12-28-20(19)24/h4-6,8-10,12-13H,3,7H2,1-2H3,(H2,27,29). The molecular formula is C23H20ClFN6O. The van der Waals surface area contributed by atoms with Gasteiger partial charge in [0.1, 0.15) is 22.7 Å². The molecular weight excluding hydrogens is 431 g/mol. The maximum Gasteiger partial charge on any atom is 0.266 e. The molecule has 0 radical (unpaired) electrons. The smallest absolute Gasteiger partial charge is 0.266 e. The fraction of sp³-hybridized carbons (Fsp3) is 0.217. The summed E-state index contributed by atoms with van der Waals surface area (Å²) >= 11 is 6.21. The zero-order valence-corrected chi connectivity index (χ0v) is 18.3. The molecule has 9 heteroatoms. The van der Waals surface area contributed by atoms with Gasteiger partial charge in [0.25, 0.3) is 5.91 Å². The second-order valence-corrected chi connectivity index (χ2v) is 7.89. The molecule has 3 heterocycles. The van der Waals surface area contributed by atoms with E-state index in [1.165, 1.54) is 11.0 Å². The van der Waals surface area contributed by atoms with Crippen molar-refractivity contribution in [2.75, 3.05) is 7.05 Å². The van der Waals surface area contributed by atoms with Crippen LogP contribution in [0, 0.1) is 17.1 Å². The van der Waals surface area contributed by atoms with Crippen molar-refractivity contribution in [2.24, 2.45) is 10.7 Å². The monoisotopic (exact) mass is 450 g/mol. The van der Waals surface area contributed by atoms with Gasteiger partial charge >= 0.3 is 0 Å². The number of nitrogens with two attached hydrogens (primary N) is 1. The predicted octanol–water partition coefficient (Wildman–Crippen LogP) is 3.65. The Morgan fingerprint density at radius 1 is 1.28 bits per heavy atom. The molecule has 0 saturated carbocycles. The number of nitriles is 1. The summed E-state index contributed by atoms with van der Waals surface area (Å²) in [5, 5.41) is 9.73. The van der Waals surface area contributed by atoms with Crippen molar-refractivity contribution in [3.63, 3.8) is 0 Å². The third-order valence-corrected chi connectivity index (χ3v) is 5.83. The molecule has 2 aromatic heterocycles. The summed E-state index contributed by atoms with van der Waals surface area (Å²) in [6.45, 7) is 2.62. The Balaban J connectivity index is 1.96. The van der Waals surface area contributed by atoms with Crippen molar-refractivity contribution >= 4 is 23.5 Å². The van der Waals surface area contributed by atoms with E-state index in [2.05, 4.69) is 16.0 Å². The quantitative estimate of drug-likeness (QED) is 0.599. The summed E-state index contributed by atoms with van der Waals surface area (Å²) in [4.78, 5) is 23.2. The highest BCUT2D eigenvalue weighted by atomic mass is 35.5. The van der Waals surface area contributed by atoms with E-state index in [1.54, 1.807) is 48.1 Å². The molecule has 1 atom stereocenters. The number of hydrogen-bond donors (Lipinski definition) is 1. The highest BCUT2D eigenvalue weighted by molar-refractivity contribution is 6.32. The number of likely N-dealkylation sites (N-methyl/N-ethyl adjacent to an activating group) is 1. The molecule has 1 aliphatic heterocycles. The predicted molar refractivity (Wildman–Crippen MR) is 119 cm³/mol. The fourth-order valence-corrected chi connectivity index (χ4v) is 4.16. The Hall–Kier alpha value is -3.70. The van der Waals surface area contributed by atoms with Crippen LogP contribution in [0.5, 0.6) is 0 Å². The summed E-state index contributed by atoms with van der Waals surface area (Å²) in [5.41, 5.74) is 7.00. The van der Waals surface area contributed by atoms with Gasteiger partial charge in [-0.1, -0.05) is 36.7 Å². The van der Waals surface area contributed by atoms with Crippen molar-refractivity contribution in [3.8, 4) is 17.2 Å². The molecule has 4 rings (SSSR count). The minimum Gasteiger partial charge on any atom is -0.369 e. The number of nitrogens with zero attached hydrogens (tertiary/aromatic N) is 5. The van der Waals surface area contributed by atoms with Gasteiger partial charge in [0.15, 0.2) is 11.5 Å². The van der Waals surface area contributed by atoms with Crippen LogP contribution in [0.4, 0.5) is 4.39 Å². The molecule has 1 amide bonds. The first-order valence-electron chi connectivity index (χ1n) is 9.98. The molecule has 7 nitrogen and oxygen atoms in total. The van der Waals surface area contributed by atoms with Gasteiger partial charge in [-0.2, -0.15) is 5.26 Å². The zero-order chi connectivity index (χ0) is 23.0. The van der Waals surface area contributed by atoms with Gasteiger partial charge in [0, 0.05) is 30.9 Å². The molecule has 1 aliphatic rings. The number of benzene rings is 1. The maximum atomic E-state index is 13.8. The molecule has 0 bridgehead atoms. The molecule has 0 saturated heterocycles. The van der Waals surface area contributed by atoms with E-state index in [-0.39, 0.29) is 17.0 Å². The highest BCUT2D eigenvalue weighted by Crippen LogP contribution is 2.41. The largest absolute Gasteiger partial charge is 0.369 e. The highest BCUT2D eigenvalue weighted by Gasteiger charge is 2.50. The number of carbonyl (C=O) groups excluding carboxylic acids is 1. The molecule has 0 fully saturated rings. The lowest BCUT2D eigenvalue weighted by molar-refractivity contribution is -0.129. The van der Waals surface area contributed by atoms with E-state index in [1.807, 2.05) is 6.92 Å². The Labute approximate surface area is 189 Å². The molecule has 162 valence electrons. The average molecular weight is 451 g/mol. The van der Waals surface area contributed by atoms with Crippen molar-refractivity contribution < 1.29 is 9.18 Å². The third-order valence-electron chi connectivity index (χ3n) is 5.53. The summed E-state index contributed by atoms with van der Waals surface area (Å²) in [6.07, 6.45) is 3.62. The Bertz CT molecular complexity index is 1290. The van der Waals surface area contributed by atoms with Crippen LogP contribution in [0.1, 0.15) is 30.2 Å². The van der Waals surface area contributed by atoms with Gasteiger partial charge in [0.05, 0.1) is 6.20 Å². The third kappa shape index (κ3) is 3.31. The average Bonchev–Trinajstić information content (AvgIpc) is 3.30. The van der Waals surface area contributed by atoms with Gasteiger partial charge in [0.2, 0.25) is 0 Å². The number of amides is 1. The number of aryl methyl sites for hydroxylation is 1. The van der Waals surface area contributed by atoms with E-state index in [4.69, 9.17) is 17.3 Å². The van der Waals surface area contributed by atoms with Crippen LogP contribution in [0.2, 0.25) is 5.15 Å². The molecule has 32 heavy (non-hydrogen) atoms. The molecule has 2 N–H and O–H groups in total. The van der Waals surface area contributed by atoms with Crippen molar-refractivity contribution in [2.45, 2.75) is 25.4 Å². The van der Waals surface area contributed by atoms with E-state index >= 15 is 0 Å². The van der Waals surface area contributed by atoms with Crippen molar-refractivity contribution in [3.05, 3.63) is 76.6 Å².